The van der Waals surface area contributed by atoms with E-state index in [1.807, 2.05) is 49.4 Å². The zero-order valence-electron chi connectivity index (χ0n) is 11.4. The highest BCUT2D eigenvalue weighted by Crippen LogP contribution is 2.25. The van der Waals surface area contributed by atoms with Gasteiger partial charge in [0.25, 0.3) is 5.91 Å². The molecule has 1 amide bonds. The van der Waals surface area contributed by atoms with Gasteiger partial charge in [-0.1, -0.05) is 17.7 Å². The second-order valence-electron chi connectivity index (χ2n) is 4.93. The summed E-state index contributed by atoms with van der Waals surface area (Å²) in [6, 6.07) is 13.4. The summed E-state index contributed by atoms with van der Waals surface area (Å²) < 4.78 is 0. The van der Waals surface area contributed by atoms with Crippen LogP contribution in [0.5, 0.6) is 0 Å². The number of aryl methyl sites for hydroxylation is 1. The van der Waals surface area contributed by atoms with Gasteiger partial charge in [0.15, 0.2) is 0 Å². The smallest absolute Gasteiger partial charge is 0.255 e. The quantitative estimate of drug-likeness (QED) is 0.783. The Morgan fingerprint density at radius 2 is 1.70 bits per heavy atom. The van der Waals surface area contributed by atoms with Gasteiger partial charge in [-0.2, -0.15) is 0 Å². The molecule has 3 N–H and O–H groups in total. The lowest BCUT2D eigenvalue weighted by molar-refractivity contribution is 0.102. The fourth-order valence-corrected chi connectivity index (χ4v) is 2.22. The Hall–Kier alpha value is -2.49. The molecule has 3 rings (SSSR count). The average molecular weight is 267 g/mol. The van der Waals surface area contributed by atoms with Crippen molar-refractivity contribution in [1.29, 1.82) is 0 Å². The maximum Gasteiger partial charge on any atom is 0.255 e. The molecule has 0 saturated heterocycles. The first-order chi connectivity index (χ1) is 9.72. The zero-order chi connectivity index (χ0) is 13.9. The first-order valence-corrected chi connectivity index (χ1v) is 6.72. The molecule has 0 aromatic heterocycles. The number of nitrogens with one attached hydrogen (secondary N) is 3. The first-order valence-electron chi connectivity index (χ1n) is 6.72. The van der Waals surface area contributed by atoms with Gasteiger partial charge in [-0.3, -0.25) is 4.79 Å². The van der Waals surface area contributed by atoms with Crippen molar-refractivity contribution in [2.24, 2.45) is 0 Å². The summed E-state index contributed by atoms with van der Waals surface area (Å²) >= 11 is 0. The molecule has 1 aliphatic rings. The van der Waals surface area contributed by atoms with Crippen LogP contribution in [-0.2, 0) is 0 Å². The lowest BCUT2D eigenvalue weighted by Gasteiger charge is -2.20. The molecule has 0 spiro atoms. The third-order valence-electron chi connectivity index (χ3n) is 3.35. The molecular weight excluding hydrogens is 250 g/mol. The lowest BCUT2D eigenvalue weighted by Crippen LogP contribution is -2.21. The summed E-state index contributed by atoms with van der Waals surface area (Å²) in [4.78, 5) is 12.2. The van der Waals surface area contributed by atoms with Crippen LogP contribution >= 0.6 is 0 Å². The lowest BCUT2D eigenvalue weighted by atomic mass is 10.1. The number of carbonyl (C=O) groups is 1. The second-order valence-corrected chi connectivity index (χ2v) is 4.93. The summed E-state index contributed by atoms with van der Waals surface area (Å²) in [5.74, 6) is -0.0935. The summed E-state index contributed by atoms with van der Waals surface area (Å²) in [6.45, 7) is 3.80. The molecule has 1 aliphatic heterocycles. The maximum absolute atomic E-state index is 12.2. The van der Waals surface area contributed by atoms with Crippen LogP contribution in [0.25, 0.3) is 0 Å². The third-order valence-corrected chi connectivity index (χ3v) is 3.35. The van der Waals surface area contributed by atoms with E-state index in [-0.39, 0.29) is 5.91 Å². The minimum absolute atomic E-state index is 0.0935. The van der Waals surface area contributed by atoms with Gasteiger partial charge in [0.05, 0.1) is 11.4 Å². The van der Waals surface area contributed by atoms with E-state index >= 15 is 0 Å². The number of hydrogen-bond donors (Lipinski definition) is 3. The molecule has 4 heteroatoms. The Morgan fingerprint density at radius 1 is 1.00 bits per heavy atom. The zero-order valence-corrected chi connectivity index (χ0v) is 11.4. The van der Waals surface area contributed by atoms with E-state index in [2.05, 4.69) is 16.0 Å². The predicted octanol–water partition coefficient (Wildman–Crippen LogP) is 3.08. The first kappa shape index (κ1) is 12.5. The summed E-state index contributed by atoms with van der Waals surface area (Å²) in [6.07, 6.45) is 0. The number of anilines is 3. The van der Waals surface area contributed by atoms with Gasteiger partial charge in [-0.25, -0.2) is 0 Å². The number of hydrogen-bond acceptors (Lipinski definition) is 3. The predicted molar refractivity (Wildman–Crippen MR) is 82.6 cm³/mol. The fourth-order valence-electron chi connectivity index (χ4n) is 2.22. The summed E-state index contributed by atoms with van der Waals surface area (Å²) in [5, 5.41) is 9.48. The van der Waals surface area contributed by atoms with Gasteiger partial charge < -0.3 is 16.0 Å². The van der Waals surface area contributed by atoms with E-state index < -0.39 is 0 Å². The Morgan fingerprint density at radius 3 is 2.45 bits per heavy atom. The van der Waals surface area contributed by atoms with E-state index in [0.29, 0.717) is 5.56 Å². The van der Waals surface area contributed by atoms with Gasteiger partial charge >= 0.3 is 0 Å². The Kier molecular flexibility index (Phi) is 3.29. The number of carbonyl (C=O) groups excluding carboxylic acids is 1. The van der Waals surface area contributed by atoms with Crippen molar-refractivity contribution in [2.45, 2.75) is 6.92 Å². The van der Waals surface area contributed by atoms with E-state index in [4.69, 9.17) is 0 Å². The molecule has 1 heterocycles. The van der Waals surface area contributed by atoms with Crippen molar-refractivity contribution in [3.63, 3.8) is 0 Å². The van der Waals surface area contributed by atoms with Crippen molar-refractivity contribution in [3.05, 3.63) is 53.6 Å². The maximum atomic E-state index is 12.2. The van der Waals surface area contributed by atoms with Crippen molar-refractivity contribution >= 4 is 23.0 Å². The highest BCUT2D eigenvalue weighted by atomic mass is 16.1. The molecule has 0 atom stereocenters. The van der Waals surface area contributed by atoms with Crippen LogP contribution in [0.1, 0.15) is 15.9 Å². The molecule has 2 aromatic rings. The van der Waals surface area contributed by atoms with Gasteiger partial charge in [0, 0.05) is 24.3 Å². The highest BCUT2D eigenvalue weighted by Gasteiger charge is 2.12. The topological polar surface area (TPSA) is 53.2 Å². The molecule has 102 valence electrons. The van der Waals surface area contributed by atoms with E-state index in [9.17, 15) is 4.79 Å². The Bertz CT molecular complexity index is 635. The van der Waals surface area contributed by atoms with Gasteiger partial charge in [-0.05, 0) is 37.3 Å². The van der Waals surface area contributed by atoms with Crippen molar-refractivity contribution in [1.82, 2.24) is 0 Å². The van der Waals surface area contributed by atoms with Crippen LogP contribution in [0.15, 0.2) is 42.5 Å². The molecule has 2 aromatic carbocycles. The van der Waals surface area contributed by atoms with Gasteiger partial charge in [0.2, 0.25) is 0 Å². The standard InChI is InChI=1S/C16H17N3O/c1-11-2-5-13(6-3-11)19-16(20)12-4-7-14-15(10-12)18-9-8-17-14/h2-7,10,17-18H,8-9H2,1H3,(H,19,20). The SMILES string of the molecule is Cc1ccc(NC(=O)c2ccc3c(c2)NCCN3)cc1. The number of fused-ring (bicyclic) bond motifs is 1. The molecule has 20 heavy (non-hydrogen) atoms. The summed E-state index contributed by atoms with van der Waals surface area (Å²) in [5.41, 5.74) is 4.66. The van der Waals surface area contributed by atoms with Crippen molar-refractivity contribution in [2.75, 3.05) is 29.0 Å². The fraction of sp³-hybridized carbons (Fsp3) is 0.188. The minimum atomic E-state index is -0.0935. The molecule has 0 fully saturated rings. The van der Waals surface area contributed by atoms with Crippen LogP contribution in [0.3, 0.4) is 0 Å². The Balaban J connectivity index is 1.78. The van der Waals surface area contributed by atoms with Crippen molar-refractivity contribution in [3.8, 4) is 0 Å². The van der Waals surface area contributed by atoms with Crippen LogP contribution in [0.2, 0.25) is 0 Å². The molecule has 0 unspecified atom stereocenters. The number of amides is 1. The molecule has 0 aliphatic carbocycles. The minimum Gasteiger partial charge on any atom is -0.382 e. The molecule has 0 saturated carbocycles. The molecular formula is C16H17N3O. The molecule has 0 radical (unpaired) electrons. The number of benzene rings is 2. The van der Waals surface area contributed by atoms with E-state index in [1.54, 1.807) is 0 Å². The third kappa shape index (κ3) is 2.59. The Labute approximate surface area is 118 Å². The van der Waals surface area contributed by atoms with Gasteiger partial charge in [-0.15, -0.1) is 0 Å². The average Bonchev–Trinajstić information content (AvgIpc) is 2.49. The molecule has 0 bridgehead atoms. The van der Waals surface area contributed by atoms with Gasteiger partial charge in [0.1, 0.15) is 0 Å². The van der Waals surface area contributed by atoms with E-state index in [0.717, 1.165) is 30.2 Å². The second kappa shape index (κ2) is 5.25. The normalized spacial score (nSPS) is 12.8. The van der Waals surface area contributed by atoms with Crippen molar-refractivity contribution < 1.29 is 4.79 Å². The largest absolute Gasteiger partial charge is 0.382 e. The van der Waals surface area contributed by atoms with Crippen LogP contribution in [0.4, 0.5) is 17.1 Å². The van der Waals surface area contributed by atoms with Crippen LogP contribution < -0.4 is 16.0 Å². The monoisotopic (exact) mass is 267 g/mol. The van der Waals surface area contributed by atoms with Crippen LogP contribution in [0, 0.1) is 6.92 Å². The van der Waals surface area contributed by atoms with E-state index in [1.165, 1.54) is 5.56 Å². The molecule has 4 nitrogen and oxygen atoms in total. The van der Waals surface area contributed by atoms with Crippen LogP contribution in [-0.4, -0.2) is 19.0 Å². The summed E-state index contributed by atoms with van der Waals surface area (Å²) in [7, 11) is 0. The number of rotatable bonds is 2. The highest BCUT2D eigenvalue weighted by molar-refractivity contribution is 6.05.